The molecule has 2 bridgehead atoms. The highest BCUT2D eigenvalue weighted by Crippen LogP contribution is 2.49. The highest BCUT2D eigenvalue weighted by Gasteiger charge is 2.41. The van der Waals surface area contributed by atoms with Gasteiger partial charge >= 0.3 is 0 Å². The zero-order chi connectivity index (χ0) is 16.4. The quantitative estimate of drug-likeness (QED) is 0.811. The molecule has 0 saturated heterocycles. The fourth-order valence-corrected chi connectivity index (χ4v) is 4.67. The Morgan fingerprint density at radius 3 is 2.43 bits per heavy atom. The van der Waals surface area contributed by atoms with Gasteiger partial charge < -0.3 is 5.32 Å². The van der Waals surface area contributed by atoms with Crippen LogP contribution in [-0.4, -0.2) is 11.9 Å². The number of carbonyl (C=O) groups is 1. The number of aryl methyl sites for hydroxylation is 1. The van der Waals surface area contributed by atoms with Gasteiger partial charge in [-0.3, -0.25) is 4.79 Å². The number of nitrogens with one attached hydrogen (secondary N) is 1. The average Bonchev–Trinajstić information content (AvgIpc) is 3.16. The van der Waals surface area contributed by atoms with Crippen molar-refractivity contribution in [3.63, 3.8) is 0 Å². The minimum Gasteiger partial charge on any atom is -0.353 e. The Kier molecular flexibility index (Phi) is 5.08. The number of hydrogen-bond donors (Lipinski definition) is 1. The third-order valence-electron chi connectivity index (χ3n) is 6.11. The SMILES string of the molecule is CC(C)c1ccc(CCC(=O)N[C@H](C)[C@@H]2C[C@H]3CC[C@H]2C3)cc1. The van der Waals surface area contributed by atoms with Crippen LogP contribution in [0.25, 0.3) is 0 Å². The predicted molar refractivity (Wildman–Crippen MR) is 95.4 cm³/mol. The monoisotopic (exact) mass is 313 g/mol. The van der Waals surface area contributed by atoms with E-state index in [1.807, 2.05) is 0 Å². The largest absolute Gasteiger partial charge is 0.353 e. The Hall–Kier alpha value is -1.31. The van der Waals surface area contributed by atoms with E-state index in [0.717, 1.165) is 24.2 Å². The molecule has 2 heteroatoms. The fourth-order valence-electron chi connectivity index (χ4n) is 4.67. The Balaban J connectivity index is 1.44. The van der Waals surface area contributed by atoms with Crippen LogP contribution in [0.15, 0.2) is 24.3 Å². The van der Waals surface area contributed by atoms with E-state index in [1.54, 1.807) is 0 Å². The molecule has 0 heterocycles. The Labute approximate surface area is 141 Å². The molecule has 1 N–H and O–H groups in total. The van der Waals surface area contributed by atoms with Crippen LogP contribution in [0.4, 0.5) is 0 Å². The van der Waals surface area contributed by atoms with Crippen LogP contribution in [-0.2, 0) is 11.2 Å². The van der Waals surface area contributed by atoms with E-state index < -0.39 is 0 Å². The van der Waals surface area contributed by atoms with Gasteiger partial charge in [-0.05, 0) is 67.4 Å². The first-order valence-corrected chi connectivity index (χ1v) is 9.41. The molecular formula is C21H31NO. The molecule has 1 aromatic rings. The Morgan fingerprint density at radius 2 is 1.87 bits per heavy atom. The van der Waals surface area contributed by atoms with Crippen LogP contribution in [0.1, 0.15) is 69.9 Å². The minimum atomic E-state index is 0.216. The summed E-state index contributed by atoms with van der Waals surface area (Å²) in [5.41, 5.74) is 2.63. The molecule has 3 rings (SSSR count). The first-order valence-electron chi connectivity index (χ1n) is 9.41. The van der Waals surface area contributed by atoms with Crippen molar-refractivity contribution < 1.29 is 4.79 Å². The molecule has 0 radical (unpaired) electrons. The van der Waals surface area contributed by atoms with Gasteiger partial charge in [0.25, 0.3) is 0 Å². The Morgan fingerprint density at radius 1 is 1.13 bits per heavy atom. The summed E-state index contributed by atoms with van der Waals surface area (Å²) in [5.74, 6) is 3.33. The van der Waals surface area contributed by atoms with Crippen LogP contribution in [0, 0.1) is 17.8 Å². The summed E-state index contributed by atoms with van der Waals surface area (Å²) in [6, 6.07) is 9.07. The van der Waals surface area contributed by atoms with Crippen molar-refractivity contribution in [3.05, 3.63) is 35.4 Å². The third kappa shape index (κ3) is 3.97. The molecule has 0 aromatic heterocycles. The van der Waals surface area contributed by atoms with Gasteiger partial charge in [0.1, 0.15) is 0 Å². The molecule has 2 saturated carbocycles. The van der Waals surface area contributed by atoms with E-state index in [1.165, 1.54) is 36.8 Å². The maximum absolute atomic E-state index is 12.3. The first-order chi connectivity index (χ1) is 11.0. The minimum absolute atomic E-state index is 0.216. The zero-order valence-electron chi connectivity index (χ0n) is 14.8. The van der Waals surface area contributed by atoms with E-state index in [0.29, 0.717) is 18.4 Å². The van der Waals surface area contributed by atoms with Gasteiger partial charge in [-0.15, -0.1) is 0 Å². The van der Waals surface area contributed by atoms with E-state index in [4.69, 9.17) is 0 Å². The molecular weight excluding hydrogens is 282 g/mol. The maximum atomic E-state index is 12.3. The van der Waals surface area contributed by atoms with Crippen LogP contribution in [0.5, 0.6) is 0 Å². The van der Waals surface area contributed by atoms with Crippen LogP contribution in [0.3, 0.4) is 0 Å². The molecule has 0 unspecified atom stereocenters. The van der Waals surface area contributed by atoms with E-state index in [-0.39, 0.29) is 5.91 Å². The first kappa shape index (κ1) is 16.5. The summed E-state index contributed by atoms with van der Waals surface area (Å²) in [4.78, 5) is 12.3. The average molecular weight is 313 g/mol. The molecule has 2 fully saturated rings. The van der Waals surface area contributed by atoms with Crippen molar-refractivity contribution in [1.29, 1.82) is 0 Å². The van der Waals surface area contributed by atoms with Crippen molar-refractivity contribution in [3.8, 4) is 0 Å². The molecule has 2 aliphatic rings. The van der Waals surface area contributed by atoms with Crippen LogP contribution in [0.2, 0.25) is 0 Å². The molecule has 4 atom stereocenters. The second-order valence-electron chi connectivity index (χ2n) is 8.09. The molecule has 0 aliphatic heterocycles. The number of rotatable bonds is 6. The normalized spacial score (nSPS) is 27.4. The van der Waals surface area contributed by atoms with Crippen molar-refractivity contribution in [2.24, 2.45) is 17.8 Å². The molecule has 2 nitrogen and oxygen atoms in total. The van der Waals surface area contributed by atoms with E-state index in [9.17, 15) is 4.79 Å². The molecule has 1 aromatic carbocycles. The van der Waals surface area contributed by atoms with Crippen molar-refractivity contribution >= 4 is 5.91 Å². The number of fused-ring (bicyclic) bond motifs is 2. The smallest absolute Gasteiger partial charge is 0.220 e. The standard InChI is InChI=1S/C21H31NO/c1-14(2)18-8-4-16(5-9-18)7-11-21(23)22-15(3)20-13-17-6-10-19(20)12-17/h4-5,8-9,14-15,17,19-20H,6-7,10-13H2,1-3H3,(H,22,23)/t15-,17+,19+,20+/m1/s1. The van der Waals surface area contributed by atoms with Crippen molar-refractivity contribution in [2.45, 2.75) is 71.3 Å². The van der Waals surface area contributed by atoms with Gasteiger partial charge in [-0.25, -0.2) is 0 Å². The third-order valence-corrected chi connectivity index (χ3v) is 6.11. The highest BCUT2D eigenvalue weighted by atomic mass is 16.1. The summed E-state index contributed by atoms with van der Waals surface area (Å²) in [7, 11) is 0. The number of hydrogen-bond acceptors (Lipinski definition) is 1. The van der Waals surface area contributed by atoms with Crippen molar-refractivity contribution in [1.82, 2.24) is 5.32 Å². The molecule has 23 heavy (non-hydrogen) atoms. The predicted octanol–water partition coefficient (Wildman–Crippen LogP) is 4.68. The zero-order valence-corrected chi connectivity index (χ0v) is 14.8. The highest BCUT2D eigenvalue weighted by molar-refractivity contribution is 5.76. The van der Waals surface area contributed by atoms with E-state index >= 15 is 0 Å². The lowest BCUT2D eigenvalue weighted by Gasteiger charge is -2.28. The van der Waals surface area contributed by atoms with E-state index in [2.05, 4.69) is 50.4 Å². The summed E-state index contributed by atoms with van der Waals surface area (Å²) < 4.78 is 0. The van der Waals surface area contributed by atoms with Gasteiger partial charge in [-0.1, -0.05) is 44.5 Å². The van der Waals surface area contributed by atoms with Gasteiger partial charge in [-0.2, -0.15) is 0 Å². The summed E-state index contributed by atoms with van der Waals surface area (Å²) in [6.07, 6.45) is 7.00. The lowest BCUT2D eigenvalue weighted by molar-refractivity contribution is -0.122. The lowest BCUT2D eigenvalue weighted by atomic mass is 9.84. The maximum Gasteiger partial charge on any atom is 0.220 e. The topological polar surface area (TPSA) is 29.1 Å². The lowest BCUT2D eigenvalue weighted by Crippen LogP contribution is -2.40. The summed E-state index contributed by atoms with van der Waals surface area (Å²) in [5, 5.41) is 3.27. The van der Waals surface area contributed by atoms with Gasteiger partial charge in [0.2, 0.25) is 5.91 Å². The fraction of sp³-hybridized carbons (Fsp3) is 0.667. The molecule has 2 aliphatic carbocycles. The Bertz CT molecular complexity index is 533. The number of benzene rings is 1. The van der Waals surface area contributed by atoms with Gasteiger partial charge in [0.15, 0.2) is 0 Å². The molecule has 1 amide bonds. The van der Waals surface area contributed by atoms with Crippen LogP contribution >= 0.6 is 0 Å². The number of carbonyl (C=O) groups excluding carboxylic acids is 1. The summed E-state index contributed by atoms with van der Waals surface area (Å²) >= 11 is 0. The number of amides is 1. The summed E-state index contributed by atoms with van der Waals surface area (Å²) in [6.45, 7) is 6.62. The van der Waals surface area contributed by atoms with Gasteiger partial charge in [0, 0.05) is 12.5 Å². The van der Waals surface area contributed by atoms with Crippen LogP contribution < -0.4 is 5.32 Å². The van der Waals surface area contributed by atoms with Gasteiger partial charge in [0.05, 0.1) is 0 Å². The molecule has 0 spiro atoms. The molecule has 126 valence electrons. The second-order valence-corrected chi connectivity index (χ2v) is 8.09. The van der Waals surface area contributed by atoms with Crippen molar-refractivity contribution in [2.75, 3.05) is 0 Å². The second kappa shape index (κ2) is 7.07.